The molecule has 2 rings (SSSR count). The van der Waals surface area contributed by atoms with E-state index in [-0.39, 0.29) is 11.1 Å². The monoisotopic (exact) mass is 269 g/mol. The van der Waals surface area contributed by atoms with E-state index in [1.54, 1.807) is 18.2 Å². The van der Waals surface area contributed by atoms with Gasteiger partial charge in [0.05, 0.1) is 12.0 Å². The minimum Gasteiger partial charge on any atom is -0.504 e. The fourth-order valence-corrected chi connectivity index (χ4v) is 3.07. The van der Waals surface area contributed by atoms with Crippen molar-refractivity contribution in [1.82, 2.24) is 5.32 Å². The van der Waals surface area contributed by atoms with Crippen molar-refractivity contribution in [3.63, 3.8) is 0 Å². The van der Waals surface area contributed by atoms with Crippen LogP contribution in [0.5, 0.6) is 11.5 Å². The van der Waals surface area contributed by atoms with Gasteiger partial charge in [-0.25, -0.2) is 0 Å². The summed E-state index contributed by atoms with van der Waals surface area (Å²) in [7, 11) is 0. The number of hydrogen-bond donors (Lipinski definition) is 3. The molecule has 1 saturated heterocycles. The number of para-hydroxylation sites is 1. The van der Waals surface area contributed by atoms with E-state index in [0.717, 1.165) is 0 Å². The predicted octanol–water partition coefficient (Wildman–Crippen LogP) is 1.58. The molecule has 0 amide bonds. The Labute approximate surface area is 109 Å². The number of aromatic hydroxyl groups is 1. The standard InChI is InChI=1S/C12H15NO4S/c1-2-17-9-5-3-4-7(10(9)14)11-13-8(6-18-11)12(15)16/h3-5,8,11,13-14H,2,6H2,1H3,(H,15,16)/t8-,11+/m0/s1. The zero-order valence-corrected chi connectivity index (χ0v) is 10.7. The Balaban J connectivity index is 2.19. The van der Waals surface area contributed by atoms with Crippen LogP contribution in [0.2, 0.25) is 0 Å². The number of phenols is 1. The summed E-state index contributed by atoms with van der Waals surface area (Å²) in [6.45, 7) is 2.31. The summed E-state index contributed by atoms with van der Waals surface area (Å²) in [4.78, 5) is 10.9. The molecule has 5 nitrogen and oxygen atoms in total. The van der Waals surface area contributed by atoms with Crippen LogP contribution in [0, 0.1) is 0 Å². The van der Waals surface area contributed by atoms with Gasteiger partial charge < -0.3 is 14.9 Å². The summed E-state index contributed by atoms with van der Waals surface area (Å²) in [6.07, 6.45) is 0. The van der Waals surface area contributed by atoms with Gasteiger partial charge in [0.25, 0.3) is 0 Å². The molecule has 2 atom stereocenters. The van der Waals surface area contributed by atoms with Crippen LogP contribution >= 0.6 is 11.8 Å². The largest absolute Gasteiger partial charge is 0.504 e. The summed E-state index contributed by atoms with van der Waals surface area (Å²) in [6, 6.07) is 4.68. The van der Waals surface area contributed by atoms with Crippen LogP contribution in [0.25, 0.3) is 0 Å². The zero-order chi connectivity index (χ0) is 13.1. The maximum Gasteiger partial charge on any atom is 0.321 e. The van der Waals surface area contributed by atoms with Gasteiger partial charge in [-0.2, -0.15) is 0 Å². The van der Waals surface area contributed by atoms with Crippen LogP contribution in [-0.2, 0) is 4.79 Å². The van der Waals surface area contributed by atoms with Crippen LogP contribution in [-0.4, -0.2) is 34.6 Å². The number of phenolic OH excluding ortho intramolecular Hbond substituents is 1. The molecule has 1 aliphatic heterocycles. The van der Waals surface area contributed by atoms with Crippen molar-refractivity contribution in [1.29, 1.82) is 0 Å². The maximum absolute atomic E-state index is 10.9. The number of rotatable bonds is 4. The molecule has 1 aromatic rings. The molecular weight excluding hydrogens is 254 g/mol. The third-order valence-electron chi connectivity index (χ3n) is 2.69. The Morgan fingerprint density at radius 3 is 3.00 bits per heavy atom. The van der Waals surface area contributed by atoms with E-state index in [0.29, 0.717) is 23.7 Å². The molecule has 1 aromatic carbocycles. The van der Waals surface area contributed by atoms with Crippen molar-refractivity contribution in [3.8, 4) is 11.5 Å². The lowest BCUT2D eigenvalue weighted by Crippen LogP contribution is -2.33. The number of hydrogen-bond acceptors (Lipinski definition) is 5. The number of aliphatic carboxylic acids is 1. The molecule has 18 heavy (non-hydrogen) atoms. The van der Waals surface area contributed by atoms with Gasteiger partial charge in [-0.3, -0.25) is 10.1 Å². The lowest BCUT2D eigenvalue weighted by molar-refractivity contribution is -0.138. The molecule has 0 bridgehead atoms. The smallest absolute Gasteiger partial charge is 0.321 e. The number of nitrogens with one attached hydrogen (secondary N) is 1. The van der Waals surface area contributed by atoms with E-state index in [1.807, 2.05) is 6.92 Å². The molecule has 98 valence electrons. The van der Waals surface area contributed by atoms with E-state index >= 15 is 0 Å². The quantitative estimate of drug-likeness (QED) is 0.770. The molecular formula is C12H15NO4S. The van der Waals surface area contributed by atoms with Crippen LogP contribution in [0.1, 0.15) is 17.9 Å². The average molecular weight is 269 g/mol. The molecule has 0 saturated carbocycles. The molecule has 0 aromatic heterocycles. The van der Waals surface area contributed by atoms with Gasteiger partial charge in [-0.1, -0.05) is 12.1 Å². The minimum atomic E-state index is -0.870. The average Bonchev–Trinajstić information content (AvgIpc) is 2.81. The number of carbonyl (C=O) groups is 1. The third kappa shape index (κ3) is 2.54. The topological polar surface area (TPSA) is 78.8 Å². The second kappa shape index (κ2) is 5.49. The summed E-state index contributed by atoms with van der Waals surface area (Å²) < 4.78 is 5.31. The number of ether oxygens (including phenoxy) is 1. The van der Waals surface area contributed by atoms with Crippen molar-refractivity contribution >= 4 is 17.7 Å². The molecule has 1 heterocycles. The Morgan fingerprint density at radius 1 is 1.61 bits per heavy atom. The van der Waals surface area contributed by atoms with Gasteiger partial charge in [0.2, 0.25) is 0 Å². The first-order valence-corrected chi connectivity index (χ1v) is 6.73. The van der Waals surface area contributed by atoms with Crippen molar-refractivity contribution < 1.29 is 19.7 Å². The van der Waals surface area contributed by atoms with Crippen molar-refractivity contribution in [2.75, 3.05) is 12.4 Å². The maximum atomic E-state index is 10.9. The van der Waals surface area contributed by atoms with Crippen LogP contribution < -0.4 is 10.1 Å². The number of carboxylic acid groups (broad SMARTS) is 1. The second-order valence-corrected chi connectivity index (χ2v) is 5.04. The van der Waals surface area contributed by atoms with Gasteiger partial charge >= 0.3 is 5.97 Å². The van der Waals surface area contributed by atoms with Crippen molar-refractivity contribution in [3.05, 3.63) is 23.8 Å². The van der Waals surface area contributed by atoms with Crippen molar-refractivity contribution in [2.45, 2.75) is 18.3 Å². The van der Waals surface area contributed by atoms with E-state index in [9.17, 15) is 9.90 Å². The molecule has 0 radical (unpaired) electrons. The highest BCUT2D eigenvalue weighted by Crippen LogP contribution is 2.41. The Kier molecular flexibility index (Phi) is 3.98. The molecule has 0 unspecified atom stereocenters. The van der Waals surface area contributed by atoms with Crippen molar-refractivity contribution in [2.24, 2.45) is 0 Å². The first-order valence-electron chi connectivity index (χ1n) is 5.68. The van der Waals surface area contributed by atoms with Gasteiger partial charge in [-0.05, 0) is 13.0 Å². The molecule has 1 aliphatic rings. The van der Waals surface area contributed by atoms with Gasteiger partial charge in [-0.15, -0.1) is 11.8 Å². The molecule has 0 spiro atoms. The normalized spacial score (nSPS) is 22.9. The van der Waals surface area contributed by atoms with Crippen LogP contribution in [0.15, 0.2) is 18.2 Å². The Morgan fingerprint density at radius 2 is 2.39 bits per heavy atom. The van der Waals surface area contributed by atoms with Crippen LogP contribution in [0.3, 0.4) is 0 Å². The molecule has 6 heteroatoms. The first kappa shape index (κ1) is 13.0. The van der Waals surface area contributed by atoms with E-state index in [2.05, 4.69) is 5.32 Å². The summed E-state index contributed by atoms with van der Waals surface area (Å²) >= 11 is 1.47. The summed E-state index contributed by atoms with van der Waals surface area (Å²) in [5.74, 6) is 0.121. The highest BCUT2D eigenvalue weighted by atomic mass is 32.2. The molecule has 1 fully saturated rings. The van der Waals surface area contributed by atoms with Gasteiger partial charge in [0.15, 0.2) is 11.5 Å². The second-order valence-electron chi connectivity index (χ2n) is 3.90. The minimum absolute atomic E-state index is 0.0791. The lowest BCUT2D eigenvalue weighted by Gasteiger charge is -2.15. The van der Waals surface area contributed by atoms with Gasteiger partial charge in [0, 0.05) is 11.3 Å². The zero-order valence-electron chi connectivity index (χ0n) is 9.92. The first-order chi connectivity index (χ1) is 8.63. The predicted molar refractivity (Wildman–Crippen MR) is 69.0 cm³/mol. The number of thioether (sulfide) groups is 1. The van der Waals surface area contributed by atoms with Crippen LogP contribution in [0.4, 0.5) is 0 Å². The van der Waals surface area contributed by atoms with E-state index < -0.39 is 12.0 Å². The Bertz CT molecular complexity index is 452. The molecule has 0 aliphatic carbocycles. The fraction of sp³-hybridized carbons (Fsp3) is 0.417. The van der Waals surface area contributed by atoms with E-state index in [4.69, 9.17) is 9.84 Å². The fourth-order valence-electron chi connectivity index (χ4n) is 1.82. The summed E-state index contributed by atoms with van der Waals surface area (Å²) in [5, 5.41) is 21.8. The summed E-state index contributed by atoms with van der Waals surface area (Å²) in [5.41, 5.74) is 0.662. The lowest BCUT2D eigenvalue weighted by atomic mass is 10.1. The third-order valence-corrected chi connectivity index (χ3v) is 3.94. The number of carboxylic acids is 1. The highest BCUT2D eigenvalue weighted by molar-refractivity contribution is 7.99. The molecule has 3 N–H and O–H groups in total. The SMILES string of the molecule is CCOc1cccc([C@@H]2N[C@H](C(=O)O)CS2)c1O. The highest BCUT2D eigenvalue weighted by Gasteiger charge is 2.32. The number of benzene rings is 1. The van der Waals surface area contributed by atoms with E-state index in [1.165, 1.54) is 11.8 Å². The Hall–Kier alpha value is -1.40. The van der Waals surface area contributed by atoms with Gasteiger partial charge in [0.1, 0.15) is 6.04 Å².